The van der Waals surface area contributed by atoms with Crippen molar-refractivity contribution in [3.63, 3.8) is 0 Å². The van der Waals surface area contributed by atoms with E-state index in [2.05, 4.69) is 26.1 Å². The molecule has 0 aromatic heterocycles. The fourth-order valence-corrected chi connectivity index (χ4v) is 4.11. The van der Waals surface area contributed by atoms with Gasteiger partial charge in [0.2, 0.25) is 0 Å². The Morgan fingerprint density at radius 2 is 1.16 bits per heavy atom. The van der Waals surface area contributed by atoms with Gasteiger partial charge in [-0.15, -0.1) is 0 Å². The summed E-state index contributed by atoms with van der Waals surface area (Å²) in [4.78, 5) is 51.1. The standard InChI is InChI=1S/C26H20N2O4/c1-26(2,3)16-6-8-17(9-7-16)28-24(31)19-11-5-15(13-21(19)25(28)32)14-4-10-18-20(12-14)23(30)27-22(18)29/h4-13H,1-3H3,(H,27,29,30). The van der Waals surface area contributed by atoms with Crippen LogP contribution in [0.1, 0.15) is 67.8 Å². The molecule has 0 aliphatic carbocycles. The van der Waals surface area contributed by atoms with Gasteiger partial charge in [0.15, 0.2) is 0 Å². The lowest BCUT2D eigenvalue weighted by molar-refractivity contribution is 0.0874. The maximum absolute atomic E-state index is 13.2. The molecule has 0 bridgehead atoms. The van der Waals surface area contributed by atoms with Crippen LogP contribution in [-0.2, 0) is 5.41 Å². The van der Waals surface area contributed by atoms with Crippen LogP contribution in [0.2, 0.25) is 0 Å². The molecule has 3 aromatic carbocycles. The van der Waals surface area contributed by atoms with Gasteiger partial charge < -0.3 is 0 Å². The van der Waals surface area contributed by atoms with Crippen molar-refractivity contribution < 1.29 is 19.2 Å². The Labute approximate surface area is 184 Å². The number of anilines is 1. The van der Waals surface area contributed by atoms with E-state index >= 15 is 0 Å². The molecule has 158 valence electrons. The first kappa shape index (κ1) is 19.9. The van der Waals surface area contributed by atoms with E-state index in [0.29, 0.717) is 39.1 Å². The molecule has 2 aliphatic heterocycles. The van der Waals surface area contributed by atoms with Gasteiger partial charge in [-0.05, 0) is 58.5 Å². The summed E-state index contributed by atoms with van der Waals surface area (Å²) >= 11 is 0. The number of carbonyl (C=O) groups excluding carboxylic acids is 4. The summed E-state index contributed by atoms with van der Waals surface area (Å²) in [6.45, 7) is 6.30. The lowest BCUT2D eigenvalue weighted by atomic mass is 9.87. The number of carbonyl (C=O) groups is 4. The van der Waals surface area contributed by atoms with Gasteiger partial charge in [0.1, 0.15) is 0 Å². The van der Waals surface area contributed by atoms with Crippen LogP contribution in [0.25, 0.3) is 11.1 Å². The van der Waals surface area contributed by atoms with Crippen molar-refractivity contribution in [2.45, 2.75) is 26.2 Å². The lowest BCUT2D eigenvalue weighted by Gasteiger charge is -2.20. The van der Waals surface area contributed by atoms with Gasteiger partial charge in [-0.1, -0.05) is 45.0 Å². The zero-order chi connectivity index (χ0) is 22.8. The Bertz CT molecular complexity index is 1350. The molecule has 3 aromatic rings. The van der Waals surface area contributed by atoms with Crippen molar-refractivity contribution in [1.82, 2.24) is 5.32 Å². The van der Waals surface area contributed by atoms with E-state index in [0.717, 1.165) is 5.56 Å². The summed E-state index contributed by atoms with van der Waals surface area (Å²) < 4.78 is 0. The number of nitrogens with one attached hydrogen (secondary N) is 1. The molecule has 4 amide bonds. The highest BCUT2D eigenvalue weighted by Gasteiger charge is 2.37. The molecule has 5 rings (SSSR count). The third kappa shape index (κ3) is 2.95. The number of amides is 4. The van der Waals surface area contributed by atoms with Gasteiger partial charge in [-0.25, -0.2) is 4.90 Å². The molecule has 0 unspecified atom stereocenters. The second-order valence-corrected chi connectivity index (χ2v) is 9.05. The van der Waals surface area contributed by atoms with Crippen LogP contribution in [0.4, 0.5) is 5.69 Å². The zero-order valence-electron chi connectivity index (χ0n) is 17.9. The minimum absolute atomic E-state index is 0.0349. The number of imide groups is 2. The van der Waals surface area contributed by atoms with Crippen molar-refractivity contribution in [2.24, 2.45) is 0 Å². The summed E-state index contributed by atoms with van der Waals surface area (Å²) in [6.07, 6.45) is 0. The molecule has 2 aliphatic rings. The van der Waals surface area contributed by atoms with Gasteiger partial charge in [0, 0.05) is 0 Å². The Morgan fingerprint density at radius 3 is 1.78 bits per heavy atom. The monoisotopic (exact) mass is 424 g/mol. The van der Waals surface area contributed by atoms with Crippen LogP contribution >= 0.6 is 0 Å². The van der Waals surface area contributed by atoms with E-state index in [1.807, 2.05) is 12.1 Å². The Kier molecular flexibility index (Phi) is 4.17. The summed E-state index contributed by atoms with van der Waals surface area (Å²) in [5, 5.41) is 2.27. The van der Waals surface area contributed by atoms with Crippen molar-refractivity contribution in [2.75, 3.05) is 4.90 Å². The number of hydrogen-bond acceptors (Lipinski definition) is 4. The summed E-state index contributed by atoms with van der Waals surface area (Å²) in [6, 6.07) is 17.4. The topological polar surface area (TPSA) is 83.6 Å². The highest BCUT2D eigenvalue weighted by Crippen LogP contribution is 2.34. The number of hydrogen-bond donors (Lipinski definition) is 1. The Balaban J connectivity index is 1.51. The van der Waals surface area contributed by atoms with Crippen LogP contribution in [0.15, 0.2) is 60.7 Å². The van der Waals surface area contributed by atoms with Crippen LogP contribution in [-0.4, -0.2) is 23.6 Å². The fraction of sp³-hybridized carbons (Fsp3) is 0.154. The fourth-order valence-electron chi connectivity index (χ4n) is 4.11. The minimum Gasteiger partial charge on any atom is -0.288 e. The van der Waals surface area contributed by atoms with Gasteiger partial charge in [-0.3, -0.25) is 24.5 Å². The van der Waals surface area contributed by atoms with Gasteiger partial charge >= 0.3 is 0 Å². The SMILES string of the molecule is CC(C)(C)c1ccc(N2C(=O)c3ccc(-c4ccc5c(c4)C(=O)NC5=O)cc3C2=O)cc1. The molecule has 2 heterocycles. The highest BCUT2D eigenvalue weighted by atomic mass is 16.2. The van der Waals surface area contributed by atoms with Crippen LogP contribution in [0.5, 0.6) is 0 Å². The summed E-state index contributed by atoms with van der Waals surface area (Å²) in [7, 11) is 0. The number of fused-ring (bicyclic) bond motifs is 2. The molecule has 32 heavy (non-hydrogen) atoms. The normalized spacial score (nSPS) is 15.2. The van der Waals surface area contributed by atoms with Crippen molar-refractivity contribution in [1.29, 1.82) is 0 Å². The van der Waals surface area contributed by atoms with Gasteiger partial charge in [0.25, 0.3) is 23.6 Å². The van der Waals surface area contributed by atoms with Crippen LogP contribution in [0, 0.1) is 0 Å². The third-order valence-corrected chi connectivity index (χ3v) is 5.95. The molecular formula is C26H20N2O4. The second-order valence-electron chi connectivity index (χ2n) is 9.05. The van der Waals surface area contributed by atoms with E-state index in [1.165, 1.54) is 4.90 Å². The molecule has 6 nitrogen and oxygen atoms in total. The van der Waals surface area contributed by atoms with E-state index < -0.39 is 11.8 Å². The highest BCUT2D eigenvalue weighted by molar-refractivity contribution is 6.34. The number of nitrogens with zero attached hydrogens (tertiary/aromatic N) is 1. The molecule has 0 atom stereocenters. The van der Waals surface area contributed by atoms with Gasteiger partial charge in [-0.2, -0.15) is 0 Å². The number of benzene rings is 3. The molecule has 1 N–H and O–H groups in total. The second kappa shape index (κ2) is 6.72. The predicted octanol–water partition coefficient (Wildman–Crippen LogP) is 4.34. The first-order valence-corrected chi connectivity index (χ1v) is 10.3. The first-order chi connectivity index (χ1) is 15.1. The van der Waals surface area contributed by atoms with Crippen molar-refractivity contribution >= 4 is 29.3 Å². The smallest absolute Gasteiger partial charge is 0.266 e. The van der Waals surface area contributed by atoms with E-state index in [9.17, 15) is 19.2 Å². The predicted molar refractivity (Wildman–Crippen MR) is 120 cm³/mol. The summed E-state index contributed by atoms with van der Waals surface area (Å²) in [5.74, 6) is -1.60. The van der Waals surface area contributed by atoms with Crippen LogP contribution in [0.3, 0.4) is 0 Å². The maximum atomic E-state index is 13.2. The lowest BCUT2D eigenvalue weighted by Crippen LogP contribution is -2.29. The zero-order valence-corrected chi connectivity index (χ0v) is 17.9. The molecule has 0 saturated carbocycles. The molecule has 0 saturated heterocycles. The largest absolute Gasteiger partial charge is 0.288 e. The average Bonchev–Trinajstić information content (AvgIpc) is 3.19. The molecule has 6 heteroatoms. The maximum Gasteiger partial charge on any atom is 0.266 e. The third-order valence-electron chi connectivity index (χ3n) is 5.95. The molecule has 0 fully saturated rings. The van der Waals surface area contributed by atoms with E-state index in [-0.39, 0.29) is 17.2 Å². The van der Waals surface area contributed by atoms with E-state index in [4.69, 9.17) is 0 Å². The van der Waals surface area contributed by atoms with Crippen LogP contribution < -0.4 is 10.2 Å². The van der Waals surface area contributed by atoms with Gasteiger partial charge in [0.05, 0.1) is 27.9 Å². The van der Waals surface area contributed by atoms with E-state index in [1.54, 1.807) is 48.5 Å². The molecule has 0 radical (unpaired) electrons. The summed E-state index contributed by atoms with van der Waals surface area (Å²) in [5.41, 5.74) is 4.26. The Morgan fingerprint density at radius 1 is 0.625 bits per heavy atom. The molecular weight excluding hydrogens is 404 g/mol. The average molecular weight is 424 g/mol. The molecule has 0 spiro atoms. The number of rotatable bonds is 2. The van der Waals surface area contributed by atoms with Crippen molar-refractivity contribution in [3.05, 3.63) is 88.5 Å². The van der Waals surface area contributed by atoms with Crippen molar-refractivity contribution in [3.8, 4) is 11.1 Å². The minimum atomic E-state index is -0.441. The quantitative estimate of drug-likeness (QED) is 0.621. The Hall–Kier alpha value is -4.06. The first-order valence-electron chi connectivity index (χ1n) is 10.3.